The number of ether oxygens (including phenoxy) is 2. The number of hydrogen-bond acceptors (Lipinski definition) is 6. The second-order valence-corrected chi connectivity index (χ2v) is 7.48. The number of carbonyl (C=O) groups is 1. The van der Waals surface area contributed by atoms with E-state index < -0.39 is 0 Å². The van der Waals surface area contributed by atoms with Crippen molar-refractivity contribution in [2.24, 2.45) is 5.92 Å². The third kappa shape index (κ3) is 5.74. The Labute approximate surface area is 165 Å². The van der Waals surface area contributed by atoms with Gasteiger partial charge in [-0.15, -0.1) is 0 Å². The molecular weight excluding hydrogens is 356 g/mol. The van der Waals surface area contributed by atoms with E-state index in [2.05, 4.69) is 29.1 Å². The average molecular weight is 384 g/mol. The van der Waals surface area contributed by atoms with Gasteiger partial charge in [-0.25, -0.2) is 9.97 Å². The molecule has 0 radical (unpaired) electrons. The van der Waals surface area contributed by atoms with Crippen molar-refractivity contribution < 1.29 is 14.3 Å². The van der Waals surface area contributed by atoms with Gasteiger partial charge in [0.25, 0.3) is 5.91 Å². The number of amides is 1. The third-order valence-corrected chi connectivity index (χ3v) is 4.57. The quantitative estimate of drug-likeness (QED) is 0.760. The number of benzene rings is 1. The first-order valence-corrected chi connectivity index (χ1v) is 9.69. The van der Waals surface area contributed by atoms with Gasteiger partial charge in [-0.3, -0.25) is 4.79 Å². The van der Waals surface area contributed by atoms with Gasteiger partial charge >= 0.3 is 0 Å². The van der Waals surface area contributed by atoms with Gasteiger partial charge in [0.05, 0.1) is 19.3 Å². The fraction of sp³-hybridized carbons (Fsp3) is 0.476. The van der Waals surface area contributed by atoms with Crippen LogP contribution in [-0.4, -0.2) is 41.2 Å². The number of rotatable bonds is 7. The van der Waals surface area contributed by atoms with Crippen molar-refractivity contribution in [3.05, 3.63) is 53.3 Å². The lowest BCUT2D eigenvalue weighted by molar-refractivity contribution is -0.0736. The zero-order chi connectivity index (χ0) is 19.9. The normalized spacial score (nSPS) is 19.5. The highest BCUT2D eigenvalue weighted by Crippen LogP contribution is 2.15. The van der Waals surface area contributed by atoms with Gasteiger partial charge in [-0.1, -0.05) is 44.2 Å². The number of carbonyl (C=O) groups excluding carboxylic acids is 1. The van der Waals surface area contributed by atoms with Crippen molar-refractivity contribution in [1.82, 2.24) is 15.3 Å². The monoisotopic (exact) mass is 384 g/mol. The minimum atomic E-state index is -0.265. The molecule has 1 aromatic heterocycles. The van der Waals surface area contributed by atoms with Gasteiger partial charge < -0.3 is 20.5 Å². The maximum Gasteiger partial charge on any atom is 0.270 e. The van der Waals surface area contributed by atoms with Gasteiger partial charge in [0.1, 0.15) is 11.8 Å². The van der Waals surface area contributed by atoms with E-state index in [4.69, 9.17) is 15.2 Å². The molecule has 7 nitrogen and oxygen atoms in total. The highest BCUT2D eigenvalue weighted by molar-refractivity contribution is 5.92. The average Bonchev–Trinajstić information content (AvgIpc) is 2.67. The van der Waals surface area contributed by atoms with Crippen molar-refractivity contribution in [3.63, 3.8) is 0 Å². The molecule has 3 rings (SSSR count). The van der Waals surface area contributed by atoms with Gasteiger partial charge in [-0.05, 0) is 30.4 Å². The zero-order valence-corrected chi connectivity index (χ0v) is 16.4. The Bertz CT molecular complexity index is 782. The molecule has 1 aliphatic rings. The Morgan fingerprint density at radius 2 is 2.11 bits per heavy atom. The minimum absolute atomic E-state index is 0.118. The smallest absolute Gasteiger partial charge is 0.270 e. The largest absolute Gasteiger partial charge is 0.379 e. The first kappa shape index (κ1) is 20.2. The molecule has 0 spiro atoms. The summed E-state index contributed by atoms with van der Waals surface area (Å²) in [6.07, 6.45) is 1.21. The topological polar surface area (TPSA) is 99.4 Å². The van der Waals surface area contributed by atoms with E-state index in [9.17, 15) is 4.79 Å². The predicted octanol–water partition coefficient (Wildman–Crippen LogP) is 2.36. The maximum absolute atomic E-state index is 12.8. The van der Waals surface area contributed by atoms with Crippen LogP contribution in [0.2, 0.25) is 0 Å². The molecule has 1 aromatic carbocycles. The molecule has 2 heterocycles. The Morgan fingerprint density at radius 3 is 2.86 bits per heavy atom. The van der Waals surface area contributed by atoms with E-state index in [-0.39, 0.29) is 29.7 Å². The molecule has 2 aromatic rings. The van der Waals surface area contributed by atoms with Crippen LogP contribution in [0.4, 0.5) is 5.95 Å². The highest BCUT2D eigenvalue weighted by Gasteiger charge is 2.29. The van der Waals surface area contributed by atoms with E-state index in [1.54, 1.807) is 6.07 Å². The van der Waals surface area contributed by atoms with Crippen LogP contribution in [0.1, 0.15) is 42.0 Å². The summed E-state index contributed by atoms with van der Waals surface area (Å²) in [7, 11) is 0. The Balaban J connectivity index is 1.64. The van der Waals surface area contributed by atoms with Gasteiger partial charge in [-0.2, -0.15) is 0 Å². The Morgan fingerprint density at radius 1 is 1.32 bits per heavy atom. The molecule has 28 heavy (non-hydrogen) atoms. The lowest BCUT2D eigenvalue weighted by Gasteiger charge is -2.32. The molecule has 150 valence electrons. The van der Waals surface area contributed by atoms with E-state index >= 15 is 0 Å². The first-order valence-electron chi connectivity index (χ1n) is 9.69. The summed E-state index contributed by atoms with van der Waals surface area (Å²) < 4.78 is 11.6. The Hall–Kier alpha value is -2.51. The standard InChI is InChI=1S/C21H28N4O3/c1-14(2)10-16-11-18(25-21(22)23-16)20(26)24-17-8-9-27-13-19(17)28-12-15-6-4-3-5-7-15/h3-7,11,14,17,19H,8-10,12-13H2,1-2H3,(H,24,26)(H2,22,23,25)/t17-,19-/m1/s1. The van der Waals surface area contributed by atoms with Gasteiger partial charge in [0.15, 0.2) is 0 Å². The fourth-order valence-electron chi connectivity index (χ4n) is 3.22. The van der Waals surface area contributed by atoms with Crippen molar-refractivity contribution in [3.8, 4) is 0 Å². The number of nitrogens with one attached hydrogen (secondary N) is 1. The molecule has 0 unspecified atom stereocenters. The minimum Gasteiger partial charge on any atom is -0.379 e. The van der Waals surface area contributed by atoms with Crippen LogP contribution in [0.5, 0.6) is 0 Å². The molecule has 0 saturated carbocycles. The predicted molar refractivity (Wildman–Crippen MR) is 107 cm³/mol. The van der Waals surface area contributed by atoms with E-state index in [0.717, 1.165) is 17.7 Å². The van der Waals surface area contributed by atoms with E-state index in [1.165, 1.54) is 0 Å². The van der Waals surface area contributed by atoms with Gasteiger partial charge in [0, 0.05) is 12.3 Å². The molecule has 2 atom stereocenters. The SMILES string of the molecule is CC(C)Cc1cc(C(=O)N[C@@H]2CCOC[C@H]2OCc2ccccc2)nc(N)n1. The summed E-state index contributed by atoms with van der Waals surface area (Å²) in [5.74, 6) is 0.267. The number of nitrogens with two attached hydrogens (primary N) is 1. The number of aromatic nitrogens is 2. The summed E-state index contributed by atoms with van der Waals surface area (Å²) in [6.45, 7) is 5.69. The van der Waals surface area contributed by atoms with E-state index in [0.29, 0.717) is 32.2 Å². The molecule has 0 bridgehead atoms. The van der Waals surface area contributed by atoms with Crippen LogP contribution in [-0.2, 0) is 22.5 Å². The van der Waals surface area contributed by atoms with Gasteiger partial charge in [0.2, 0.25) is 5.95 Å². The van der Waals surface area contributed by atoms with Crippen LogP contribution in [0.3, 0.4) is 0 Å². The maximum atomic E-state index is 12.8. The Kier molecular flexibility index (Phi) is 6.95. The van der Waals surface area contributed by atoms with Crippen LogP contribution in [0, 0.1) is 5.92 Å². The molecule has 7 heteroatoms. The molecule has 1 aliphatic heterocycles. The number of anilines is 1. The number of nitrogens with zero attached hydrogens (tertiary/aromatic N) is 2. The fourth-order valence-corrected chi connectivity index (χ4v) is 3.22. The summed E-state index contributed by atoms with van der Waals surface area (Å²) in [5, 5.41) is 3.04. The van der Waals surface area contributed by atoms with Crippen molar-refractivity contribution in [2.45, 2.75) is 45.4 Å². The first-order chi connectivity index (χ1) is 13.5. The summed E-state index contributed by atoms with van der Waals surface area (Å²) >= 11 is 0. The van der Waals surface area contributed by atoms with Crippen LogP contribution < -0.4 is 11.1 Å². The van der Waals surface area contributed by atoms with E-state index in [1.807, 2.05) is 30.3 Å². The second kappa shape index (κ2) is 9.61. The van der Waals surface area contributed by atoms with Crippen LogP contribution in [0.15, 0.2) is 36.4 Å². The molecule has 1 fully saturated rings. The third-order valence-electron chi connectivity index (χ3n) is 4.57. The lowest BCUT2D eigenvalue weighted by Crippen LogP contribution is -2.50. The van der Waals surface area contributed by atoms with Crippen LogP contribution in [0.25, 0.3) is 0 Å². The van der Waals surface area contributed by atoms with Crippen molar-refractivity contribution in [2.75, 3.05) is 18.9 Å². The summed E-state index contributed by atoms with van der Waals surface area (Å²) in [4.78, 5) is 21.1. The summed E-state index contributed by atoms with van der Waals surface area (Å²) in [5.41, 5.74) is 7.94. The molecule has 1 amide bonds. The molecule has 0 aliphatic carbocycles. The molecule has 3 N–H and O–H groups in total. The second-order valence-electron chi connectivity index (χ2n) is 7.48. The van der Waals surface area contributed by atoms with Crippen molar-refractivity contribution >= 4 is 11.9 Å². The number of nitrogen functional groups attached to an aromatic ring is 1. The molecule has 1 saturated heterocycles. The zero-order valence-electron chi connectivity index (χ0n) is 16.4. The van der Waals surface area contributed by atoms with Crippen LogP contribution >= 0.6 is 0 Å². The molecular formula is C21H28N4O3. The number of hydrogen-bond donors (Lipinski definition) is 2. The lowest BCUT2D eigenvalue weighted by atomic mass is 10.0. The highest BCUT2D eigenvalue weighted by atomic mass is 16.5. The summed E-state index contributed by atoms with van der Waals surface area (Å²) in [6, 6.07) is 11.5. The van der Waals surface area contributed by atoms with Crippen molar-refractivity contribution in [1.29, 1.82) is 0 Å².